The first-order chi connectivity index (χ1) is 17.4. The van der Waals surface area contributed by atoms with Crippen LogP contribution in [0.2, 0.25) is 0 Å². The summed E-state index contributed by atoms with van der Waals surface area (Å²) in [7, 11) is 0. The van der Waals surface area contributed by atoms with Crippen LogP contribution in [0.5, 0.6) is 5.75 Å². The van der Waals surface area contributed by atoms with E-state index in [0.717, 1.165) is 30.5 Å². The van der Waals surface area contributed by atoms with Gasteiger partial charge >= 0.3 is 5.97 Å². The van der Waals surface area contributed by atoms with Crippen molar-refractivity contribution in [3.8, 4) is 5.75 Å². The summed E-state index contributed by atoms with van der Waals surface area (Å²) in [6.07, 6.45) is -0.548. The van der Waals surface area contributed by atoms with E-state index in [4.69, 9.17) is 19.9 Å². The van der Waals surface area contributed by atoms with Gasteiger partial charge in [0, 0.05) is 18.9 Å². The predicted molar refractivity (Wildman–Crippen MR) is 138 cm³/mol. The van der Waals surface area contributed by atoms with E-state index in [1.54, 1.807) is 20.8 Å². The number of fused-ring (bicyclic) bond motifs is 2. The van der Waals surface area contributed by atoms with Gasteiger partial charge in [0.25, 0.3) is 0 Å². The minimum Gasteiger partial charge on any atom is -0.467 e. The molecule has 0 bridgehead atoms. The molecule has 5 N–H and O–H groups in total. The molecule has 0 saturated carbocycles. The average Bonchev–Trinajstić information content (AvgIpc) is 3.29. The lowest BCUT2D eigenvalue weighted by Gasteiger charge is -2.34. The monoisotopic (exact) mass is 518 g/mol. The maximum Gasteiger partial charge on any atom is 0.309 e. The Morgan fingerprint density at radius 3 is 2.57 bits per heavy atom. The Kier molecular flexibility index (Phi) is 7.91. The first-order valence-corrected chi connectivity index (χ1v) is 13.4. The van der Waals surface area contributed by atoms with Crippen LogP contribution in [0.15, 0.2) is 18.2 Å². The van der Waals surface area contributed by atoms with E-state index in [-0.39, 0.29) is 36.1 Å². The van der Waals surface area contributed by atoms with E-state index in [1.165, 1.54) is 0 Å². The van der Waals surface area contributed by atoms with Crippen LogP contribution in [0.3, 0.4) is 0 Å². The van der Waals surface area contributed by atoms with E-state index in [0.29, 0.717) is 18.7 Å². The number of nitrogens with two attached hydrogens (primary N) is 1. The standard InChI is InChI=1S/C28H42N2O7/c1-15-7-6-10-28(5)22(37-28)12-20(17-8-9-19-18(11-17)30-23(14-29)35-19)36-24(32)13-21(31)27(3,4)26(34)16(2)25(15)33/h8-9,11,15-16,20-23,25,30-31,33H,6-7,10,12-14,29H2,1-5H3/t15-,16+,20?,21?,22?,23?,25?,28+/m0/s1. The smallest absolute Gasteiger partial charge is 0.309 e. The molecule has 206 valence electrons. The van der Waals surface area contributed by atoms with Crippen molar-refractivity contribution < 1.29 is 34.0 Å². The molecule has 3 heterocycles. The zero-order valence-corrected chi connectivity index (χ0v) is 22.5. The van der Waals surface area contributed by atoms with Crippen LogP contribution in [0.4, 0.5) is 5.69 Å². The second-order valence-corrected chi connectivity index (χ2v) is 11.8. The number of aliphatic hydroxyl groups is 2. The summed E-state index contributed by atoms with van der Waals surface area (Å²) in [5.41, 5.74) is 5.73. The molecule has 9 heteroatoms. The fourth-order valence-corrected chi connectivity index (χ4v) is 5.65. The molecule has 3 aliphatic heterocycles. The molecule has 1 aromatic carbocycles. The molecule has 0 aromatic heterocycles. The number of carbonyl (C=O) groups excluding carboxylic acids is 2. The SMILES string of the molecule is C[C@H]1CCC[C@@]2(C)OC2CC(c2ccc3c(c2)NC(CN)O3)OC(=O)CC(O)C(C)(C)C(=O)[C@H](C)C1O. The predicted octanol–water partition coefficient (Wildman–Crippen LogP) is 3.07. The van der Waals surface area contributed by atoms with Gasteiger partial charge in [-0.05, 0) is 43.4 Å². The molecule has 1 aromatic rings. The zero-order valence-electron chi connectivity index (χ0n) is 22.5. The van der Waals surface area contributed by atoms with E-state index < -0.39 is 35.6 Å². The maximum atomic E-state index is 13.3. The van der Waals surface area contributed by atoms with Gasteiger partial charge in [-0.1, -0.05) is 40.2 Å². The minimum absolute atomic E-state index is 0.0863. The number of cyclic esters (lactones) is 1. The summed E-state index contributed by atoms with van der Waals surface area (Å²) in [5, 5.41) is 25.0. The van der Waals surface area contributed by atoms with Gasteiger partial charge in [-0.2, -0.15) is 0 Å². The molecule has 2 fully saturated rings. The van der Waals surface area contributed by atoms with Gasteiger partial charge in [0.2, 0.25) is 0 Å². The van der Waals surface area contributed by atoms with Crippen molar-refractivity contribution in [2.24, 2.45) is 23.0 Å². The second kappa shape index (κ2) is 10.5. The summed E-state index contributed by atoms with van der Waals surface area (Å²) in [5.74, 6) is -0.939. The van der Waals surface area contributed by atoms with Gasteiger partial charge in [0.15, 0.2) is 6.23 Å². The largest absolute Gasteiger partial charge is 0.467 e. The van der Waals surface area contributed by atoms with Crippen molar-refractivity contribution in [3.63, 3.8) is 0 Å². The molecular weight excluding hydrogens is 476 g/mol. The molecule has 5 unspecified atom stereocenters. The van der Waals surface area contributed by atoms with Crippen molar-refractivity contribution in [2.45, 2.75) is 103 Å². The number of nitrogens with one attached hydrogen (secondary N) is 1. The van der Waals surface area contributed by atoms with Crippen LogP contribution in [0, 0.1) is 17.3 Å². The molecule has 9 nitrogen and oxygen atoms in total. The van der Waals surface area contributed by atoms with Crippen LogP contribution in [-0.4, -0.2) is 58.7 Å². The van der Waals surface area contributed by atoms with E-state index in [1.807, 2.05) is 25.1 Å². The Balaban J connectivity index is 1.58. The number of benzene rings is 1. The number of epoxide rings is 1. The number of ketones is 1. The molecule has 0 spiro atoms. The van der Waals surface area contributed by atoms with Gasteiger partial charge in [-0.3, -0.25) is 9.59 Å². The fourth-order valence-electron chi connectivity index (χ4n) is 5.65. The van der Waals surface area contributed by atoms with Crippen molar-refractivity contribution in [1.29, 1.82) is 0 Å². The van der Waals surface area contributed by atoms with Crippen LogP contribution in [-0.2, 0) is 19.1 Å². The average molecular weight is 519 g/mol. The second-order valence-electron chi connectivity index (χ2n) is 11.8. The topological polar surface area (TPSA) is 144 Å². The van der Waals surface area contributed by atoms with Crippen LogP contribution < -0.4 is 15.8 Å². The van der Waals surface area contributed by atoms with Crippen molar-refractivity contribution in [2.75, 3.05) is 11.9 Å². The lowest BCUT2D eigenvalue weighted by Crippen LogP contribution is -2.45. The number of aliphatic hydroxyl groups excluding tert-OH is 2. The van der Waals surface area contributed by atoms with Crippen molar-refractivity contribution >= 4 is 17.4 Å². The van der Waals surface area contributed by atoms with Crippen molar-refractivity contribution in [3.05, 3.63) is 23.8 Å². The Morgan fingerprint density at radius 1 is 1.14 bits per heavy atom. The van der Waals surface area contributed by atoms with E-state index >= 15 is 0 Å². The zero-order chi connectivity index (χ0) is 27.1. The van der Waals surface area contributed by atoms with Crippen LogP contribution in [0.1, 0.15) is 78.4 Å². The summed E-state index contributed by atoms with van der Waals surface area (Å²) in [4.78, 5) is 26.3. The lowest BCUT2D eigenvalue weighted by atomic mass is 9.73. The van der Waals surface area contributed by atoms with Crippen LogP contribution >= 0.6 is 0 Å². The van der Waals surface area contributed by atoms with Gasteiger partial charge in [0.05, 0.1) is 41.4 Å². The van der Waals surface area contributed by atoms with Gasteiger partial charge in [0.1, 0.15) is 17.6 Å². The highest BCUT2D eigenvalue weighted by Crippen LogP contribution is 2.47. The first kappa shape index (κ1) is 27.8. The van der Waals surface area contributed by atoms with Crippen LogP contribution in [0.25, 0.3) is 0 Å². The Hall–Kier alpha value is -2.20. The third-order valence-corrected chi connectivity index (χ3v) is 8.58. The number of carbonyl (C=O) groups is 2. The summed E-state index contributed by atoms with van der Waals surface area (Å²) >= 11 is 0. The molecule has 37 heavy (non-hydrogen) atoms. The summed E-state index contributed by atoms with van der Waals surface area (Å²) < 4.78 is 17.8. The molecule has 0 amide bonds. The van der Waals surface area contributed by atoms with E-state index in [9.17, 15) is 19.8 Å². The Morgan fingerprint density at radius 2 is 1.86 bits per heavy atom. The number of rotatable bonds is 2. The third kappa shape index (κ3) is 5.79. The number of Topliss-reactive ketones (excluding diaryl/α,β-unsaturated/α-hetero) is 1. The highest BCUT2D eigenvalue weighted by atomic mass is 16.6. The molecule has 0 aliphatic carbocycles. The molecule has 8 atom stereocenters. The Bertz CT molecular complexity index is 1010. The molecule has 0 radical (unpaired) electrons. The number of ether oxygens (including phenoxy) is 3. The number of hydrogen-bond acceptors (Lipinski definition) is 9. The number of esters is 1. The van der Waals surface area contributed by atoms with Crippen molar-refractivity contribution in [1.82, 2.24) is 0 Å². The minimum atomic E-state index is -1.26. The quantitative estimate of drug-likeness (QED) is 0.343. The third-order valence-electron chi connectivity index (χ3n) is 8.58. The molecular formula is C28H42N2O7. The Labute approximate surface area is 219 Å². The van der Waals surface area contributed by atoms with Gasteiger partial charge in [-0.15, -0.1) is 0 Å². The number of anilines is 1. The van der Waals surface area contributed by atoms with Gasteiger partial charge < -0.3 is 35.5 Å². The maximum absolute atomic E-state index is 13.3. The van der Waals surface area contributed by atoms with E-state index in [2.05, 4.69) is 12.2 Å². The first-order valence-electron chi connectivity index (χ1n) is 13.4. The molecule has 4 rings (SSSR count). The summed E-state index contributed by atoms with van der Waals surface area (Å²) in [6.45, 7) is 9.25. The summed E-state index contributed by atoms with van der Waals surface area (Å²) in [6, 6.07) is 5.59. The number of hydrogen-bond donors (Lipinski definition) is 4. The molecule has 3 aliphatic rings. The fraction of sp³-hybridized carbons (Fsp3) is 0.714. The lowest BCUT2D eigenvalue weighted by molar-refractivity contribution is -0.156. The molecule has 2 saturated heterocycles. The normalized spacial score (nSPS) is 38.5. The van der Waals surface area contributed by atoms with Gasteiger partial charge in [-0.25, -0.2) is 0 Å². The highest BCUT2D eigenvalue weighted by Gasteiger charge is 2.53. The highest BCUT2D eigenvalue weighted by molar-refractivity contribution is 5.88.